The second kappa shape index (κ2) is 8.47. The van der Waals surface area contributed by atoms with Crippen molar-refractivity contribution in [2.24, 2.45) is 0 Å². The molecule has 0 saturated carbocycles. The second-order valence-electron chi connectivity index (χ2n) is 8.20. The van der Waals surface area contributed by atoms with Gasteiger partial charge in [-0.05, 0) is 42.9 Å². The Morgan fingerprint density at radius 3 is 2.59 bits per heavy atom. The van der Waals surface area contributed by atoms with E-state index in [0.29, 0.717) is 19.0 Å². The Morgan fingerprint density at radius 1 is 1.17 bits per heavy atom. The van der Waals surface area contributed by atoms with Gasteiger partial charge in [0.1, 0.15) is 18.0 Å². The minimum Gasteiger partial charge on any atom is -0.353 e. The van der Waals surface area contributed by atoms with Crippen LogP contribution in [0.4, 0.5) is 10.2 Å². The summed E-state index contributed by atoms with van der Waals surface area (Å²) in [6.45, 7) is 7.27. The van der Waals surface area contributed by atoms with E-state index in [-0.39, 0.29) is 17.6 Å². The second-order valence-corrected chi connectivity index (χ2v) is 8.20. The molecule has 1 aromatic heterocycles. The Morgan fingerprint density at radius 2 is 1.90 bits per heavy atom. The summed E-state index contributed by atoms with van der Waals surface area (Å²) in [5, 5.41) is 0. The molecule has 0 spiro atoms. The van der Waals surface area contributed by atoms with Crippen LogP contribution in [0.15, 0.2) is 30.6 Å². The van der Waals surface area contributed by atoms with E-state index in [0.717, 1.165) is 50.2 Å². The lowest BCUT2D eigenvalue weighted by Crippen LogP contribution is -2.50. The summed E-state index contributed by atoms with van der Waals surface area (Å²) in [6.07, 6.45) is 5.53. The SMILES string of the molecule is CCCC(C(=O)N1CCN(c2ncnc3c2[C@H](C)CC3)CC1)c1ccc(F)cc1. The molecule has 1 saturated heterocycles. The quantitative estimate of drug-likeness (QED) is 0.769. The van der Waals surface area contributed by atoms with Crippen molar-refractivity contribution in [3.8, 4) is 0 Å². The van der Waals surface area contributed by atoms with Crippen molar-refractivity contribution in [2.75, 3.05) is 31.1 Å². The van der Waals surface area contributed by atoms with Gasteiger partial charge in [-0.1, -0.05) is 32.4 Å². The number of rotatable bonds is 5. The van der Waals surface area contributed by atoms with Crippen molar-refractivity contribution in [3.05, 3.63) is 53.2 Å². The van der Waals surface area contributed by atoms with Crippen LogP contribution in [0.3, 0.4) is 0 Å². The minimum absolute atomic E-state index is 0.152. The number of carbonyl (C=O) groups excluding carboxylic acids is 1. The Bertz CT molecular complexity index is 862. The van der Waals surface area contributed by atoms with Gasteiger partial charge in [0.25, 0.3) is 0 Å². The van der Waals surface area contributed by atoms with Gasteiger partial charge in [-0.2, -0.15) is 0 Å². The van der Waals surface area contributed by atoms with E-state index in [1.807, 2.05) is 4.90 Å². The van der Waals surface area contributed by atoms with Gasteiger partial charge in [0, 0.05) is 37.4 Å². The average molecular weight is 397 g/mol. The summed E-state index contributed by atoms with van der Waals surface area (Å²) in [6, 6.07) is 6.38. The van der Waals surface area contributed by atoms with Crippen LogP contribution >= 0.6 is 0 Å². The van der Waals surface area contributed by atoms with Gasteiger partial charge in [0.15, 0.2) is 0 Å². The maximum absolute atomic E-state index is 13.3. The van der Waals surface area contributed by atoms with E-state index in [9.17, 15) is 9.18 Å². The molecular formula is C23H29FN4O. The predicted octanol–water partition coefficient (Wildman–Crippen LogP) is 3.90. The fourth-order valence-corrected chi connectivity index (χ4v) is 4.65. The standard InChI is InChI=1S/C23H29FN4O/c1-3-4-19(17-6-8-18(24)9-7-17)23(29)28-13-11-27(12-14-28)22-21-16(2)5-10-20(21)25-15-26-22/h6-9,15-16,19H,3-5,10-14H2,1-2H3/t16-,19?/m1/s1. The molecule has 2 aromatic rings. The Hall–Kier alpha value is -2.50. The summed E-state index contributed by atoms with van der Waals surface area (Å²) in [4.78, 5) is 26.6. The Kier molecular flexibility index (Phi) is 5.79. The molecule has 1 aliphatic heterocycles. The number of aryl methyl sites for hydroxylation is 1. The lowest BCUT2D eigenvalue weighted by molar-refractivity contribution is -0.133. The molecule has 2 aliphatic rings. The molecule has 2 heterocycles. The van der Waals surface area contributed by atoms with Gasteiger partial charge in [-0.3, -0.25) is 4.79 Å². The highest BCUT2D eigenvalue weighted by atomic mass is 19.1. The highest BCUT2D eigenvalue weighted by Gasteiger charge is 2.31. The van der Waals surface area contributed by atoms with Crippen LogP contribution in [-0.2, 0) is 11.2 Å². The predicted molar refractivity (Wildman–Crippen MR) is 112 cm³/mol. The number of aromatic nitrogens is 2. The van der Waals surface area contributed by atoms with Crippen molar-refractivity contribution < 1.29 is 9.18 Å². The maximum atomic E-state index is 13.3. The van der Waals surface area contributed by atoms with Crippen LogP contribution in [0.25, 0.3) is 0 Å². The van der Waals surface area contributed by atoms with Gasteiger partial charge in [-0.25, -0.2) is 14.4 Å². The fourth-order valence-electron chi connectivity index (χ4n) is 4.65. The summed E-state index contributed by atoms with van der Waals surface area (Å²) in [5.41, 5.74) is 3.38. The van der Waals surface area contributed by atoms with Crippen LogP contribution in [0.5, 0.6) is 0 Å². The molecule has 2 atom stereocenters. The van der Waals surface area contributed by atoms with E-state index in [1.54, 1.807) is 18.5 Å². The summed E-state index contributed by atoms with van der Waals surface area (Å²) >= 11 is 0. The van der Waals surface area contributed by atoms with Gasteiger partial charge < -0.3 is 9.80 Å². The van der Waals surface area contributed by atoms with Crippen molar-refractivity contribution >= 4 is 11.7 Å². The van der Waals surface area contributed by atoms with E-state index in [2.05, 4.69) is 28.7 Å². The molecule has 0 N–H and O–H groups in total. The first-order valence-electron chi connectivity index (χ1n) is 10.7. The van der Waals surface area contributed by atoms with Crippen LogP contribution < -0.4 is 4.90 Å². The summed E-state index contributed by atoms with van der Waals surface area (Å²) in [5.74, 6) is 1.23. The van der Waals surface area contributed by atoms with Gasteiger partial charge in [0.05, 0.1) is 5.92 Å². The van der Waals surface area contributed by atoms with Crippen molar-refractivity contribution in [1.82, 2.24) is 14.9 Å². The van der Waals surface area contributed by atoms with Crippen LogP contribution in [-0.4, -0.2) is 47.0 Å². The number of anilines is 1. The van der Waals surface area contributed by atoms with E-state index in [4.69, 9.17) is 0 Å². The number of piperazine rings is 1. The number of amides is 1. The first kappa shape index (κ1) is 19.8. The topological polar surface area (TPSA) is 49.3 Å². The van der Waals surface area contributed by atoms with Crippen molar-refractivity contribution in [1.29, 1.82) is 0 Å². The molecule has 4 rings (SSSR count). The molecular weight excluding hydrogens is 367 g/mol. The highest BCUT2D eigenvalue weighted by molar-refractivity contribution is 5.84. The van der Waals surface area contributed by atoms with Crippen LogP contribution in [0, 0.1) is 5.82 Å². The summed E-state index contributed by atoms with van der Waals surface area (Å²) < 4.78 is 13.3. The number of nitrogens with zero attached hydrogens (tertiary/aromatic N) is 4. The molecule has 29 heavy (non-hydrogen) atoms. The molecule has 1 aromatic carbocycles. The third kappa shape index (κ3) is 3.98. The largest absolute Gasteiger partial charge is 0.353 e. The number of hydrogen-bond donors (Lipinski definition) is 0. The first-order valence-corrected chi connectivity index (χ1v) is 10.7. The number of fused-ring (bicyclic) bond motifs is 1. The van der Waals surface area contributed by atoms with E-state index < -0.39 is 0 Å². The smallest absolute Gasteiger partial charge is 0.230 e. The Labute approximate surface area is 172 Å². The third-order valence-corrected chi connectivity index (χ3v) is 6.29. The zero-order valence-electron chi connectivity index (χ0n) is 17.3. The normalized spacial score (nSPS) is 19.9. The molecule has 6 heteroatoms. The fraction of sp³-hybridized carbons (Fsp3) is 0.522. The number of benzene rings is 1. The van der Waals surface area contributed by atoms with E-state index in [1.165, 1.54) is 23.4 Å². The zero-order chi connectivity index (χ0) is 20.4. The third-order valence-electron chi connectivity index (χ3n) is 6.29. The molecule has 0 bridgehead atoms. The lowest BCUT2D eigenvalue weighted by atomic mass is 9.92. The van der Waals surface area contributed by atoms with Gasteiger partial charge >= 0.3 is 0 Å². The van der Waals surface area contributed by atoms with E-state index >= 15 is 0 Å². The zero-order valence-corrected chi connectivity index (χ0v) is 17.3. The van der Waals surface area contributed by atoms with Gasteiger partial charge in [0.2, 0.25) is 5.91 Å². The highest BCUT2D eigenvalue weighted by Crippen LogP contribution is 2.37. The number of carbonyl (C=O) groups is 1. The first-order chi connectivity index (χ1) is 14.1. The van der Waals surface area contributed by atoms with Crippen molar-refractivity contribution in [2.45, 2.75) is 51.4 Å². The number of halogens is 1. The molecule has 1 aliphatic carbocycles. The maximum Gasteiger partial charge on any atom is 0.230 e. The average Bonchev–Trinajstić information content (AvgIpc) is 3.14. The molecule has 1 amide bonds. The lowest BCUT2D eigenvalue weighted by Gasteiger charge is -2.38. The van der Waals surface area contributed by atoms with Crippen LogP contribution in [0.1, 0.15) is 61.8 Å². The minimum atomic E-state index is -0.267. The Balaban J connectivity index is 1.46. The molecule has 1 unspecified atom stereocenters. The monoisotopic (exact) mass is 396 g/mol. The van der Waals surface area contributed by atoms with Crippen LogP contribution in [0.2, 0.25) is 0 Å². The molecule has 154 valence electrons. The molecule has 0 radical (unpaired) electrons. The molecule has 1 fully saturated rings. The number of hydrogen-bond acceptors (Lipinski definition) is 4. The molecule has 5 nitrogen and oxygen atoms in total. The summed E-state index contributed by atoms with van der Waals surface area (Å²) in [7, 11) is 0. The van der Waals surface area contributed by atoms with Gasteiger partial charge in [-0.15, -0.1) is 0 Å². The van der Waals surface area contributed by atoms with Crippen molar-refractivity contribution in [3.63, 3.8) is 0 Å².